The van der Waals surface area contributed by atoms with Crippen molar-refractivity contribution >= 4 is 22.8 Å². The van der Waals surface area contributed by atoms with Crippen molar-refractivity contribution < 1.29 is 10.9 Å². The van der Waals surface area contributed by atoms with Crippen molar-refractivity contribution in [2.75, 3.05) is 25.6 Å². The van der Waals surface area contributed by atoms with Crippen molar-refractivity contribution in [3.05, 3.63) is 34.5 Å². The molecule has 4 heterocycles. The van der Waals surface area contributed by atoms with Gasteiger partial charge < -0.3 is 14.8 Å². The number of rotatable bonds is 4. The largest absolute Gasteiger partial charge is 0.481 e. The Morgan fingerprint density at radius 3 is 2.78 bits per heavy atom. The standard InChI is InChI=1S/C18H22N6O3.H2/c1-11-8-15(26-3)19-9-13(11)21-17-20-10-14-16(22-17)24(18(25)23(14)2)12-4-6-27-7-5-12;/h8-10,12H,4-7H2,1-3H3,(H,20,21,22);1H. The van der Waals surface area contributed by atoms with Crippen LogP contribution in [0.4, 0.5) is 11.6 Å². The molecule has 3 aromatic rings. The number of pyridine rings is 1. The first-order valence-corrected chi connectivity index (χ1v) is 8.88. The van der Waals surface area contributed by atoms with Crippen LogP contribution in [0.2, 0.25) is 0 Å². The number of ether oxygens (including phenoxy) is 2. The fourth-order valence-electron chi connectivity index (χ4n) is 3.36. The van der Waals surface area contributed by atoms with E-state index in [0.717, 1.165) is 24.1 Å². The van der Waals surface area contributed by atoms with E-state index >= 15 is 0 Å². The van der Waals surface area contributed by atoms with Crippen molar-refractivity contribution in [3.63, 3.8) is 0 Å². The summed E-state index contributed by atoms with van der Waals surface area (Å²) in [5.41, 5.74) is 3.00. The fourth-order valence-corrected chi connectivity index (χ4v) is 3.36. The number of aromatic nitrogens is 5. The summed E-state index contributed by atoms with van der Waals surface area (Å²) in [6, 6.07) is 1.92. The highest BCUT2D eigenvalue weighted by Gasteiger charge is 2.23. The SMILES string of the molecule is COc1cc(C)c(Nc2ncc3c(n2)n(C2CCOCC2)c(=O)n3C)cn1.[HH]. The number of hydrogen-bond donors (Lipinski definition) is 1. The average Bonchev–Trinajstić information content (AvgIpc) is 2.94. The molecule has 0 spiro atoms. The molecular weight excluding hydrogens is 348 g/mol. The Balaban J connectivity index is 0.00000225. The molecule has 0 amide bonds. The number of imidazole rings is 1. The molecule has 1 aliphatic heterocycles. The summed E-state index contributed by atoms with van der Waals surface area (Å²) >= 11 is 0. The lowest BCUT2D eigenvalue weighted by atomic mass is 10.1. The van der Waals surface area contributed by atoms with Gasteiger partial charge in [-0.25, -0.2) is 14.8 Å². The average molecular weight is 372 g/mol. The highest BCUT2D eigenvalue weighted by Crippen LogP contribution is 2.25. The van der Waals surface area contributed by atoms with Gasteiger partial charge >= 0.3 is 5.69 Å². The molecule has 1 saturated heterocycles. The molecule has 0 saturated carbocycles. The molecule has 27 heavy (non-hydrogen) atoms. The molecule has 3 aromatic heterocycles. The molecule has 0 aromatic carbocycles. The van der Waals surface area contributed by atoms with E-state index in [1.165, 1.54) is 0 Å². The van der Waals surface area contributed by atoms with Gasteiger partial charge in [-0.05, 0) is 25.3 Å². The van der Waals surface area contributed by atoms with E-state index in [-0.39, 0.29) is 13.2 Å². The van der Waals surface area contributed by atoms with Gasteiger partial charge in [-0.1, -0.05) is 0 Å². The molecular formula is C18H24N6O3. The van der Waals surface area contributed by atoms with Crippen molar-refractivity contribution in [1.29, 1.82) is 0 Å². The second kappa shape index (κ2) is 6.99. The van der Waals surface area contributed by atoms with Gasteiger partial charge in [-0.2, -0.15) is 4.98 Å². The van der Waals surface area contributed by atoms with Gasteiger partial charge in [-0.3, -0.25) is 9.13 Å². The summed E-state index contributed by atoms with van der Waals surface area (Å²) < 4.78 is 13.9. The summed E-state index contributed by atoms with van der Waals surface area (Å²) in [5.74, 6) is 0.967. The minimum Gasteiger partial charge on any atom is -0.481 e. The van der Waals surface area contributed by atoms with Gasteiger partial charge in [0.2, 0.25) is 11.8 Å². The van der Waals surface area contributed by atoms with Crippen molar-refractivity contribution in [3.8, 4) is 5.88 Å². The molecule has 0 radical (unpaired) electrons. The lowest BCUT2D eigenvalue weighted by Gasteiger charge is -2.22. The lowest BCUT2D eigenvalue weighted by Crippen LogP contribution is -2.30. The van der Waals surface area contributed by atoms with Gasteiger partial charge in [0.15, 0.2) is 5.65 Å². The zero-order chi connectivity index (χ0) is 19.0. The van der Waals surface area contributed by atoms with Gasteiger partial charge in [0.25, 0.3) is 0 Å². The summed E-state index contributed by atoms with van der Waals surface area (Å²) in [6.07, 6.45) is 4.95. The first-order valence-electron chi connectivity index (χ1n) is 8.88. The fraction of sp³-hybridized carbons (Fsp3) is 0.444. The minimum absolute atomic E-state index is 0. The van der Waals surface area contributed by atoms with E-state index in [1.54, 1.807) is 35.7 Å². The highest BCUT2D eigenvalue weighted by atomic mass is 16.5. The molecule has 0 aliphatic carbocycles. The molecule has 9 nitrogen and oxygen atoms in total. The van der Waals surface area contributed by atoms with E-state index in [0.29, 0.717) is 36.2 Å². The Hall–Kier alpha value is -2.94. The molecule has 1 fully saturated rings. The normalized spacial score (nSPS) is 15.2. The minimum atomic E-state index is -0.0781. The third-order valence-electron chi connectivity index (χ3n) is 4.93. The van der Waals surface area contributed by atoms with Crippen LogP contribution in [0.15, 0.2) is 23.3 Å². The monoisotopic (exact) mass is 372 g/mol. The van der Waals surface area contributed by atoms with Crippen LogP contribution in [0.5, 0.6) is 5.88 Å². The van der Waals surface area contributed by atoms with Crippen molar-refractivity contribution in [2.24, 2.45) is 7.05 Å². The second-order valence-electron chi connectivity index (χ2n) is 6.62. The topological polar surface area (TPSA) is 96.1 Å². The maximum Gasteiger partial charge on any atom is 0.330 e. The Labute approximate surface area is 157 Å². The summed E-state index contributed by atoms with van der Waals surface area (Å²) in [6.45, 7) is 3.26. The quantitative estimate of drug-likeness (QED) is 0.750. The van der Waals surface area contributed by atoms with E-state index < -0.39 is 0 Å². The van der Waals surface area contributed by atoms with Crippen LogP contribution >= 0.6 is 0 Å². The Bertz CT molecular complexity index is 1040. The molecule has 144 valence electrons. The maximum atomic E-state index is 12.8. The van der Waals surface area contributed by atoms with Crippen molar-refractivity contribution in [1.82, 2.24) is 24.1 Å². The number of anilines is 2. The van der Waals surface area contributed by atoms with Crippen LogP contribution in [0.3, 0.4) is 0 Å². The Morgan fingerprint density at radius 1 is 1.30 bits per heavy atom. The number of methoxy groups -OCH3 is 1. The lowest BCUT2D eigenvalue weighted by molar-refractivity contribution is 0.0695. The third kappa shape index (κ3) is 3.14. The molecule has 4 rings (SSSR count). The number of fused-ring (bicyclic) bond motifs is 1. The smallest absolute Gasteiger partial charge is 0.330 e. The van der Waals surface area contributed by atoms with Crippen LogP contribution in [0.1, 0.15) is 25.9 Å². The predicted octanol–water partition coefficient (Wildman–Crippen LogP) is 2.18. The highest BCUT2D eigenvalue weighted by molar-refractivity contribution is 5.73. The van der Waals surface area contributed by atoms with Crippen LogP contribution in [-0.4, -0.2) is 44.4 Å². The molecule has 0 bridgehead atoms. The van der Waals surface area contributed by atoms with E-state index in [1.807, 2.05) is 13.0 Å². The van der Waals surface area contributed by atoms with Crippen LogP contribution < -0.4 is 15.7 Å². The Morgan fingerprint density at radius 2 is 2.07 bits per heavy atom. The Kier molecular flexibility index (Phi) is 4.53. The molecule has 9 heteroatoms. The van der Waals surface area contributed by atoms with E-state index in [2.05, 4.69) is 20.3 Å². The number of nitrogens with zero attached hydrogens (tertiary/aromatic N) is 5. The van der Waals surface area contributed by atoms with Crippen LogP contribution in [0, 0.1) is 6.92 Å². The summed E-state index contributed by atoms with van der Waals surface area (Å²) in [7, 11) is 3.32. The van der Waals surface area contributed by atoms with Gasteiger partial charge in [0.1, 0.15) is 5.52 Å². The number of nitrogens with one attached hydrogen (secondary N) is 1. The summed E-state index contributed by atoms with van der Waals surface area (Å²) in [5, 5.41) is 3.18. The van der Waals surface area contributed by atoms with E-state index in [9.17, 15) is 4.79 Å². The van der Waals surface area contributed by atoms with Gasteiger partial charge in [-0.15, -0.1) is 0 Å². The van der Waals surface area contributed by atoms with E-state index in [4.69, 9.17) is 9.47 Å². The zero-order valence-electron chi connectivity index (χ0n) is 15.6. The van der Waals surface area contributed by atoms with Gasteiger partial charge in [0, 0.05) is 33.8 Å². The first kappa shape index (κ1) is 17.5. The van der Waals surface area contributed by atoms with Gasteiger partial charge in [0.05, 0.1) is 25.2 Å². The molecule has 1 aliphatic rings. The van der Waals surface area contributed by atoms with Crippen LogP contribution in [0.25, 0.3) is 11.2 Å². The predicted molar refractivity (Wildman–Crippen MR) is 103 cm³/mol. The molecule has 1 N–H and O–H groups in total. The summed E-state index contributed by atoms with van der Waals surface area (Å²) in [4.78, 5) is 26.0. The third-order valence-corrected chi connectivity index (χ3v) is 4.93. The zero-order valence-corrected chi connectivity index (χ0v) is 15.6. The molecule has 0 atom stereocenters. The molecule has 0 unspecified atom stereocenters. The number of hydrogen-bond acceptors (Lipinski definition) is 7. The first-order chi connectivity index (χ1) is 13.1. The number of aryl methyl sites for hydroxylation is 2. The van der Waals surface area contributed by atoms with Crippen molar-refractivity contribution in [2.45, 2.75) is 25.8 Å². The maximum absolute atomic E-state index is 12.8. The van der Waals surface area contributed by atoms with Crippen LogP contribution in [-0.2, 0) is 11.8 Å². The second-order valence-corrected chi connectivity index (χ2v) is 6.62.